The molecule has 2 rings (SSSR count). The summed E-state index contributed by atoms with van der Waals surface area (Å²) in [5.41, 5.74) is 4.55. The second-order valence-electron chi connectivity index (χ2n) is 6.26. The highest BCUT2D eigenvalue weighted by Crippen LogP contribution is 2.16. The molecule has 0 spiro atoms. The van der Waals surface area contributed by atoms with Crippen LogP contribution in [0.3, 0.4) is 0 Å². The SMILES string of the molecule is C/C(CC(=O)Nc1ccc(N(C)C)cc1)=N/NC(=O)c1ccc([N+](=O)[O-])cc1. The molecule has 0 aromatic heterocycles. The highest BCUT2D eigenvalue weighted by Gasteiger charge is 2.10. The fourth-order valence-electron chi connectivity index (χ4n) is 2.27. The van der Waals surface area contributed by atoms with Crippen molar-refractivity contribution in [3.05, 3.63) is 64.2 Å². The van der Waals surface area contributed by atoms with E-state index in [4.69, 9.17) is 0 Å². The molecule has 0 atom stereocenters. The van der Waals surface area contributed by atoms with E-state index in [1.165, 1.54) is 24.3 Å². The predicted molar refractivity (Wildman–Crippen MR) is 108 cm³/mol. The van der Waals surface area contributed by atoms with E-state index in [1.807, 2.05) is 31.1 Å². The maximum atomic E-state index is 12.1. The molecule has 146 valence electrons. The number of nitrogens with one attached hydrogen (secondary N) is 2. The lowest BCUT2D eigenvalue weighted by molar-refractivity contribution is -0.384. The minimum atomic E-state index is -0.545. The normalized spacial score (nSPS) is 10.9. The van der Waals surface area contributed by atoms with Crippen LogP contribution in [0.5, 0.6) is 0 Å². The summed E-state index contributed by atoms with van der Waals surface area (Å²) in [6.45, 7) is 1.62. The molecule has 9 heteroatoms. The second kappa shape index (κ2) is 9.26. The highest BCUT2D eigenvalue weighted by atomic mass is 16.6. The lowest BCUT2D eigenvalue weighted by Gasteiger charge is -2.13. The summed E-state index contributed by atoms with van der Waals surface area (Å²) < 4.78 is 0. The number of benzene rings is 2. The van der Waals surface area contributed by atoms with E-state index in [1.54, 1.807) is 19.1 Å². The monoisotopic (exact) mass is 383 g/mol. The van der Waals surface area contributed by atoms with Gasteiger partial charge in [0.25, 0.3) is 11.6 Å². The van der Waals surface area contributed by atoms with Gasteiger partial charge in [-0.1, -0.05) is 0 Å². The van der Waals surface area contributed by atoms with Crippen LogP contribution < -0.4 is 15.6 Å². The molecule has 0 fully saturated rings. The second-order valence-corrected chi connectivity index (χ2v) is 6.26. The van der Waals surface area contributed by atoms with Crippen LogP contribution in [0.4, 0.5) is 17.1 Å². The van der Waals surface area contributed by atoms with E-state index >= 15 is 0 Å². The Morgan fingerprint density at radius 2 is 1.68 bits per heavy atom. The van der Waals surface area contributed by atoms with E-state index in [9.17, 15) is 19.7 Å². The molecule has 28 heavy (non-hydrogen) atoms. The number of anilines is 2. The fraction of sp³-hybridized carbons (Fsp3) is 0.211. The van der Waals surface area contributed by atoms with E-state index in [0.29, 0.717) is 11.4 Å². The number of rotatable bonds is 7. The van der Waals surface area contributed by atoms with Crippen LogP contribution in [-0.2, 0) is 4.79 Å². The van der Waals surface area contributed by atoms with Gasteiger partial charge in [0.2, 0.25) is 5.91 Å². The van der Waals surface area contributed by atoms with Crippen molar-refractivity contribution in [3.63, 3.8) is 0 Å². The van der Waals surface area contributed by atoms with Gasteiger partial charge >= 0.3 is 0 Å². The Morgan fingerprint density at radius 3 is 2.21 bits per heavy atom. The summed E-state index contributed by atoms with van der Waals surface area (Å²) in [5, 5.41) is 17.3. The first-order valence-corrected chi connectivity index (χ1v) is 8.41. The Hall–Kier alpha value is -3.75. The third-order valence-corrected chi connectivity index (χ3v) is 3.77. The molecule has 2 aromatic rings. The molecule has 0 aliphatic heterocycles. The quantitative estimate of drug-likeness (QED) is 0.433. The first-order valence-electron chi connectivity index (χ1n) is 8.41. The average Bonchev–Trinajstić information content (AvgIpc) is 2.66. The van der Waals surface area contributed by atoms with Crippen molar-refractivity contribution in [1.82, 2.24) is 5.43 Å². The van der Waals surface area contributed by atoms with Crippen molar-refractivity contribution < 1.29 is 14.5 Å². The van der Waals surface area contributed by atoms with Gasteiger partial charge in [-0.15, -0.1) is 0 Å². The van der Waals surface area contributed by atoms with E-state index in [2.05, 4.69) is 15.8 Å². The Morgan fingerprint density at radius 1 is 1.07 bits per heavy atom. The molecular formula is C19H21N5O4. The van der Waals surface area contributed by atoms with E-state index in [-0.39, 0.29) is 23.6 Å². The molecular weight excluding hydrogens is 362 g/mol. The average molecular weight is 383 g/mol. The number of amides is 2. The van der Waals surface area contributed by atoms with Crippen molar-refractivity contribution in [2.45, 2.75) is 13.3 Å². The van der Waals surface area contributed by atoms with Crippen LogP contribution in [0.15, 0.2) is 53.6 Å². The zero-order valence-electron chi connectivity index (χ0n) is 15.8. The molecule has 0 bridgehead atoms. The molecule has 0 saturated heterocycles. The lowest BCUT2D eigenvalue weighted by Crippen LogP contribution is -2.21. The minimum Gasteiger partial charge on any atom is -0.378 e. The standard InChI is InChI=1S/C19H21N5O4/c1-13(12-18(25)20-15-6-10-16(11-7-15)23(2)3)21-22-19(26)14-4-8-17(9-5-14)24(27)28/h4-11H,12H2,1-3H3,(H,20,25)(H,22,26)/b21-13-. The molecule has 0 heterocycles. The molecule has 9 nitrogen and oxygen atoms in total. The molecule has 2 N–H and O–H groups in total. The number of nitro groups is 1. The molecule has 0 unspecified atom stereocenters. The maximum absolute atomic E-state index is 12.1. The topological polar surface area (TPSA) is 117 Å². The summed E-state index contributed by atoms with van der Waals surface area (Å²) in [6.07, 6.45) is 0.00989. The van der Waals surface area contributed by atoms with E-state index < -0.39 is 10.8 Å². The lowest BCUT2D eigenvalue weighted by atomic mass is 10.2. The largest absolute Gasteiger partial charge is 0.378 e. The molecule has 0 saturated carbocycles. The highest BCUT2D eigenvalue weighted by molar-refractivity contribution is 6.06. The van der Waals surface area contributed by atoms with E-state index in [0.717, 1.165) is 5.69 Å². The number of hydrazone groups is 1. The minimum absolute atomic E-state index is 0.00989. The van der Waals surface area contributed by atoms with Crippen LogP contribution >= 0.6 is 0 Å². The first-order chi connectivity index (χ1) is 13.3. The van der Waals surface area contributed by atoms with Gasteiger partial charge in [0.15, 0.2) is 0 Å². The zero-order chi connectivity index (χ0) is 20.7. The third kappa shape index (κ3) is 5.90. The number of non-ortho nitro benzene ring substituents is 1. The first kappa shape index (κ1) is 20.6. The number of hydrogen-bond donors (Lipinski definition) is 2. The van der Waals surface area contributed by atoms with Gasteiger partial charge in [0, 0.05) is 48.9 Å². The van der Waals surface area contributed by atoms with Gasteiger partial charge < -0.3 is 10.2 Å². The van der Waals surface area contributed by atoms with Gasteiger partial charge in [0.1, 0.15) is 0 Å². The summed E-state index contributed by atoms with van der Waals surface area (Å²) in [5.74, 6) is -0.780. The Kier molecular flexibility index (Phi) is 6.80. The van der Waals surface area contributed by atoms with Crippen LogP contribution in [0.25, 0.3) is 0 Å². The number of nitro benzene ring substituents is 1. The molecule has 2 amide bonds. The molecule has 0 radical (unpaired) electrons. The van der Waals surface area contributed by atoms with Crippen LogP contribution in [-0.4, -0.2) is 36.5 Å². The number of carbonyl (C=O) groups excluding carboxylic acids is 2. The van der Waals surface area contributed by atoms with Crippen molar-refractivity contribution in [1.29, 1.82) is 0 Å². The molecule has 0 aliphatic carbocycles. The Balaban J connectivity index is 1.87. The zero-order valence-corrected chi connectivity index (χ0v) is 15.8. The molecule has 0 aliphatic rings. The Labute approximate surface area is 162 Å². The van der Waals surface area contributed by atoms with Crippen molar-refractivity contribution in [2.75, 3.05) is 24.3 Å². The van der Waals surface area contributed by atoms with Crippen molar-refractivity contribution >= 4 is 34.6 Å². The Bertz CT molecular complexity index is 890. The third-order valence-electron chi connectivity index (χ3n) is 3.77. The smallest absolute Gasteiger partial charge is 0.271 e. The van der Waals surface area contributed by atoms with Crippen LogP contribution in [0, 0.1) is 10.1 Å². The van der Waals surface area contributed by atoms with Crippen molar-refractivity contribution in [3.8, 4) is 0 Å². The predicted octanol–water partition coefficient (Wildman–Crippen LogP) is 2.80. The van der Waals surface area contributed by atoms with Crippen molar-refractivity contribution in [2.24, 2.45) is 5.10 Å². The summed E-state index contributed by atoms with van der Waals surface area (Å²) >= 11 is 0. The molecule has 2 aromatic carbocycles. The summed E-state index contributed by atoms with van der Waals surface area (Å²) in [4.78, 5) is 36.1. The van der Waals surface area contributed by atoms with Gasteiger partial charge in [-0.05, 0) is 43.3 Å². The summed E-state index contributed by atoms with van der Waals surface area (Å²) in [7, 11) is 3.86. The van der Waals surface area contributed by atoms with Gasteiger partial charge in [0.05, 0.1) is 11.3 Å². The van der Waals surface area contributed by atoms with Gasteiger partial charge in [-0.2, -0.15) is 5.10 Å². The fourth-order valence-corrected chi connectivity index (χ4v) is 2.27. The van der Waals surface area contributed by atoms with Gasteiger partial charge in [-0.3, -0.25) is 19.7 Å². The number of carbonyl (C=O) groups is 2. The summed E-state index contributed by atoms with van der Waals surface area (Å²) in [6, 6.07) is 12.5. The maximum Gasteiger partial charge on any atom is 0.271 e. The van der Waals surface area contributed by atoms with Crippen LogP contribution in [0.1, 0.15) is 23.7 Å². The van der Waals surface area contributed by atoms with Gasteiger partial charge in [-0.25, -0.2) is 5.43 Å². The van der Waals surface area contributed by atoms with Crippen LogP contribution in [0.2, 0.25) is 0 Å². The number of hydrogen-bond acceptors (Lipinski definition) is 6. The number of nitrogens with zero attached hydrogens (tertiary/aromatic N) is 3.